The summed E-state index contributed by atoms with van der Waals surface area (Å²) in [6.45, 7) is 3.66. The maximum Gasteiger partial charge on any atom is 0.311 e. The van der Waals surface area contributed by atoms with Gasteiger partial charge in [-0.15, -0.1) is 12.4 Å². The number of fused-ring (bicyclic) bond motifs is 1. The van der Waals surface area contributed by atoms with Crippen molar-refractivity contribution in [3.8, 4) is 0 Å². The molecule has 112 valence electrons. The summed E-state index contributed by atoms with van der Waals surface area (Å²) in [5.74, 6) is -0.166. The molecule has 1 saturated carbocycles. The standard InChI is InChI=1S/C14H25NO3.ClH/c1-18-9-4-2-3-8-15-10-12-6-5-7-14(12,11-15)13(16)17;/h12H,2-11H2,1H3,(H,16,17);1H/t12-,14+;/m0./s1. The molecule has 0 radical (unpaired) electrons. The third-order valence-electron chi connectivity index (χ3n) is 4.69. The second kappa shape index (κ2) is 7.46. The number of ether oxygens (including phenoxy) is 1. The summed E-state index contributed by atoms with van der Waals surface area (Å²) in [4.78, 5) is 13.9. The average molecular weight is 292 g/mol. The zero-order chi connectivity index (χ0) is 13.0. The Morgan fingerprint density at radius 2 is 2.21 bits per heavy atom. The fourth-order valence-corrected chi connectivity index (χ4v) is 3.67. The van der Waals surface area contributed by atoms with Crippen molar-refractivity contribution in [3.05, 3.63) is 0 Å². The Bertz CT molecular complexity index is 300. The van der Waals surface area contributed by atoms with E-state index in [9.17, 15) is 9.90 Å². The van der Waals surface area contributed by atoms with Gasteiger partial charge in [-0.05, 0) is 44.6 Å². The minimum Gasteiger partial charge on any atom is -0.481 e. The first-order valence-electron chi connectivity index (χ1n) is 7.14. The summed E-state index contributed by atoms with van der Waals surface area (Å²) in [6, 6.07) is 0. The first kappa shape index (κ1) is 16.7. The molecule has 1 heterocycles. The minimum absolute atomic E-state index is 0. The van der Waals surface area contributed by atoms with E-state index in [0.717, 1.165) is 58.3 Å². The molecule has 0 aromatic heterocycles. The van der Waals surface area contributed by atoms with Gasteiger partial charge in [0.2, 0.25) is 0 Å². The number of hydrogen-bond acceptors (Lipinski definition) is 3. The Balaban J connectivity index is 0.00000180. The first-order valence-corrected chi connectivity index (χ1v) is 7.14. The number of aliphatic carboxylic acids is 1. The summed E-state index contributed by atoms with van der Waals surface area (Å²) < 4.78 is 5.03. The number of carbonyl (C=O) groups is 1. The Labute approximate surface area is 121 Å². The zero-order valence-corrected chi connectivity index (χ0v) is 12.6. The monoisotopic (exact) mass is 291 g/mol. The fourth-order valence-electron chi connectivity index (χ4n) is 3.67. The summed E-state index contributed by atoms with van der Waals surface area (Å²) in [7, 11) is 1.73. The molecule has 1 aliphatic heterocycles. The average Bonchev–Trinajstić information content (AvgIpc) is 2.86. The molecule has 2 fully saturated rings. The molecule has 2 aliphatic rings. The predicted molar refractivity (Wildman–Crippen MR) is 76.8 cm³/mol. The number of likely N-dealkylation sites (tertiary alicyclic amines) is 1. The number of hydrogen-bond donors (Lipinski definition) is 1. The van der Waals surface area contributed by atoms with Crippen molar-refractivity contribution in [2.45, 2.75) is 38.5 Å². The van der Waals surface area contributed by atoms with Crippen molar-refractivity contribution in [2.24, 2.45) is 11.3 Å². The third kappa shape index (κ3) is 3.61. The van der Waals surface area contributed by atoms with Gasteiger partial charge in [-0.1, -0.05) is 6.42 Å². The van der Waals surface area contributed by atoms with Crippen molar-refractivity contribution in [3.63, 3.8) is 0 Å². The summed E-state index contributed by atoms with van der Waals surface area (Å²) in [5.41, 5.74) is -0.410. The summed E-state index contributed by atoms with van der Waals surface area (Å²) in [6.07, 6.45) is 6.52. The van der Waals surface area contributed by atoms with E-state index in [-0.39, 0.29) is 12.4 Å². The predicted octanol–water partition coefficient (Wildman–Crippen LogP) is 2.41. The van der Waals surface area contributed by atoms with Crippen molar-refractivity contribution < 1.29 is 14.6 Å². The van der Waals surface area contributed by atoms with Crippen molar-refractivity contribution >= 4 is 18.4 Å². The molecular weight excluding hydrogens is 266 g/mol. The number of carboxylic acids is 1. The lowest BCUT2D eigenvalue weighted by Gasteiger charge is -2.23. The largest absolute Gasteiger partial charge is 0.481 e. The Morgan fingerprint density at radius 3 is 2.84 bits per heavy atom. The Hall–Kier alpha value is -0.320. The SMILES string of the molecule is COCCCCCN1C[C@@H]2CCC[C@@]2(C(=O)O)C1.Cl. The lowest BCUT2D eigenvalue weighted by atomic mass is 9.81. The molecule has 2 atom stereocenters. The molecule has 0 aromatic rings. The molecule has 5 heteroatoms. The lowest BCUT2D eigenvalue weighted by Crippen LogP contribution is -2.35. The van der Waals surface area contributed by atoms with Crippen LogP contribution in [0.3, 0.4) is 0 Å². The maximum atomic E-state index is 11.5. The fraction of sp³-hybridized carbons (Fsp3) is 0.929. The van der Waals surface area contributed by atoms with Gasteiger partial charge in [0.25, 0.3) is 0 Å². The van der Waals surface area contributed by atoms with Gasteiger partial charge >= 0.3 is 5.97 Å². The normalized spacial score (nSPS) is 30.1. The molecule has 0 aromatic carbocycles. The van der Waals surface area contributed by atoms with Crippen LogP contribution in [0.2, 0.25) is 0 Å². The molecule has 1 aliphatic carbocycles. The third-order valence-corrected chi connectivity index (χ3v) is 4.69. The van der Waals surface area contributed by atoms with Gasteiger partial charge in [-0.2, -0.15) is 0 Å². The van der Waals surface area contributed by atoms with E-state index in [1.165, 1.54) is 6.42 Å². The van der Waals surface area contributed by atoms with E-state index < -0.39 is 11.4 Å². The van der Waals surface area contributed by atoms with Crippen LogP contribution in [0.15, 0.2) is 0 Å². The van der Waals surface area contributed by atoms with E-state index in [2.05, 4.69) is 4.90 Å². The van der Waals surface area contributed by atoms with E-state index in [4.69, 9.17) is 4.74 Å². The minimum atomic E-state index is -0.563. The highest BCUT2D eigenvalue weighted by atomic mass is 35.5. The molecule has 4 nitrogen and oxygen atoms in total. The number of halogens is 1. The van der Waals surface area contributed by atoms with Gasteiger partial charge in [0.1, 0.15) is 0 Å². The first-order chi connectivity index (χ1) is 8.69. The molecule has 1 saturated heterocycles. The van der Waals surface area contributed by atoms with Gasteiger partial charge in [-0.3, -0.25) is 4.79 Å². The van der Waals surface area contributed by atoms with Gasteiger partial charge in [0, 0.05) is 26.8 Å². The van der Waals surface area contributed by atoms with Crippen LogP contribution >= 0.6 is 12.4 Å². The van der Waals surface area contributed by atoms with E-state index >= 15 is 0 Å². The second-order valence-corrected chi connectivity index (χ2v) is 5.84. The summed E-state index contributed by atoms with van der Waals surface area (Å²) >= 11 is 0. The van der Waals surface area contributed by atoms with Gasteiger partial charge in [0.15, 0.2) is 0 Å². The van der Waals surface area contributed by atoms with Crippen LogP contribution in [-0.4, -0.2) is 49.3 Å². The summed E-state index contributed by atoms with van der Waals surface area (Å²) in [5, 5.41) is 9.49. The van der Waals surface area contributed by atoms with E-state index in [1.807, 2.05) is 0 Å². The van der Waals surface area contributed by atoms with Gasteiger partial charge < -0.3 is 14.7 Å². The smallest absolute Gasteiger partial charge is 0.311 e. The van der Waals surface area contributed by atoms with Gasteiger partial charge in [0.05, 0.1) is 5.41 Å². The lowest BCUT2D eigenvalue weighted by molar-refractivity contribution is -0.149. The molecule has 0 unspecified atom stereocenters. The Kier molecular flexibility index (Phi) is 6.57. The highest BCUT2D eigenvalue weighted by Crippen LogP contribution is 2.48. The second-order valence-electron chi connectivity index (χ2n) is 5.84. The molecule has 0 spiro atoms. The molecular formula is C14H26ClNO3. The van der Waals surface area contributed by atoms with E-state index in [1.54, 1.807) is 7.11 Å². The molecule has 19 heavy (non-hydrogen) atoms. The van der Waals surface area contributed by atoms with Crippen LogP contribution in [0.1, 0.15) is 38.5 Å². The van der Waals surface area contributed by atoms with Crippen LogP contribution < -0.4 is 0 Å². The number of rotatable bonds is 7. The van der Waals surface area contributed by atoms with Crippen molar-refractivity contribution in [1.29, 1.82) is 0 Å². The van der Waals surface area contributed by atoms with Gasteiger partial charge in [-0.25, -0.2) is 0 Å². The maximum absolute atomic E-state index is 11.5. The van der Waals surface area contributed by atoms with Crippen LogP contribution in [0.25, 0.3) is 0 Å². The molecule has 0 bridgehead atoms. The highest BCUT2D eigenvalue weighted by Gasteiger charge is 2.54. The zero-order valence-electron chi connectivity index (χ0n) is 11.8. The number of unbranched alkanes of at least 4 members (excludes halogenated alkanes) is 2. The Morgan fingerprint density at radius 1 is 1.42 bits per heavy atom. The van der Waals surface area contributed by atoms with Crippen molar-refractivity contribution in [1.82, 2.24) is 4.90 Å². The highest BCUT2D eigenvalue weighted by molar-refractivity contribution is 5.85. The topological polar surface area (TPSA) is 49.8 Å². The number of methoxy groups -OCH3 is 1. The van der Waals surface area contributed by atoms with Crippen LogP contribution in [0.5, 0.6) is 0 Å². The molecule has 1 N–H and O–H groups in total. The molecule has 2 rings (SSSR count). The van der Waals surface area contributed by atoms with Crippen molar-refractivity contribution in [2.75, 3.05) is 33.4 Å². The molecule has 0 amide bonds. The van der Waals surface area contributed by atoms with E-state index in [0.29, 0.717) is 5.92 Å². The quantitative estimate of drug-likeness (QED) is 0.732. The van der Waals surface area contributed by atoms with Crippen LogP contribution in [0.4, 0.5) is 0 Å². The van der Waals surface area contributed by atoms with Crippen LogP contribution in [0, 0.1) is 11.3 Å². The number of nitrogens with zero attached hydrogens (tertiary/aromatic N) is 1. The number of carboxylic acid groups (broad SMARTS) is 1. The van der Waals surface area contributed by atoms with Crippen LogP contribution in [-0.2, 0) is 9.53 Å².